The fraction of sp³-hybridized carbons (Fsp3) is 0.619. The van der Waals surface area contributed by atoms with Crippen molar-refractivity contribution >= 4 is 12.0 Å². The van der Waals surface area contributed by atoms with Gasteiger partial charge in [0.25, 0.3) is 6.10 Å². The minimum absolute atomic E-state index is 0.0524. The Kier molecular flexibility index (Phi) is 7.46. The molecule has 2 N–H and O–H groups in total. The molecule has 0 atom stereocenters. The minimum atomic E-state index is -5.83. The Labute approximate surface area is 199 Å². The Bertz CT molecular complexity index is 970. The molecule has 0 aliphatic carbocycles. The van der Waals surface area contributed by atoms with Crippen LogP contribution in [0.5, 0.6) is 0 Å². The van der Waals surface area contributed by atoms with E-state index < -0.39 is 53.3 Å². The number of rotatable bonds is 4. The molecule has 0 aromatic heterocycles. The van der Waals surface area contributed by atoms with Crippen molar-refractivity contribution in [2.24, 2.45) is 5.73 Å². The van der Waals surface area contributed by atoms with Gasteiger partial charge in [0.1, 0.15) is 0 Å². The number of nitrogens with zero attached hydrogens (tertiary/aromatic N) is 2. The van der Waals surface area contributed by atoms with Gasteiger partial charge in [0.15, 0.2) is 0 Å². The molecule has 2 amide bonds. The van der Waals surface area contributed by atoms with Crippen molar-refractivity contribution in [3.05, 3.63) is 34.9 Å². The Morgan fingerprint density at radius 1 is 0.944 bits per heavy atom. The van der Waals surface area contributed by atoms with E-state index in [-0.39, 0.29) is 38.0 Å². The van der Waals surface area contributed by atoms with Crippen LogP contribution in [0.25, 0.3) is 0 Å². The molecular formula is C21H22F9N3O3. The Balaban J connectivity index is 1.70. The predicted molar refractivity (Wildman–Crippen MR) is 106 cm³/mol. The summed E-state index contributed by atoms with van der Waals surface area (Å²) < 4.78 is 120. The number of piperidine rings is 1. The zero-order valence-electron chi connectivity index (χ0n) is 18.6. The summed E-state index contributed by atoms with van der Waals surface area (Å²) >= 11 is 0. The number of likely N-dealkylation sites (tertiary alicyclic amines) is 2. The number of carbonyl (C=O) groups is 2. The van der Waals surface area contributed by atoms with Crippen molar-refractivity contribution in [2.75, 3.05) is 19.6 Å². The van der Waals surface area contributed by atoms with Crippen LogP contribution in [0, 0.1) is 0 Å². The van der Waals surface area contributed by atoms with Crippen LogP contribution in [0.15, 0.2) is 18.2 Å². The molecule has 0 radical (unpaired) electrons. The molecule has 1 spiro atoms. The SMILES string of the molecule is NC(=O)c1ccc(CN2CCCC23CCN(C(=O)OC(C(F)(F)F)C(F)(F)F)CC3)cc1C(F)(F)F. The minimum Gasteiger partial charge on any atom is -0.426 e. The fourth-order valence-corrected chi connectivity index (χ4v) is 4.77. The average Bonchev–Trinajstić information content (AvgIpc) is 3.11. The van der Waals surface area contributed by atoms with E-state index in [1.807, 2.05) is 4.90 Å². The van der Waals surface area contributed by atoms with Gasteiger partial charge in [-0.05, 0) is 49.9 Å². The maximum absolute atomic E-state index is 13.4. The molecule has 15 heteroatoms. The molecule has 2 fully saturated rings. The summed E-state index contributed by atoms with van der Waals surface area (Å²) in [6.07, 6.45) is -20.9. The number of benzene rings is 1. The second-order valence-electron chi connectivity index (χ2n) is 8.83. The largest absolute Gasteiger partial charge is 0.434 e. The molecule has 36 heavy (non-hydrogen) atoms. The Morgan fingerprint density at radius 3 is 2.03 bits per heavy atom. The smallest absolute Gasteiger partial charge is 0.426 e. The third-order valence-corrected chi connectivity index (χ3v) is 6.53. The lowest BCUT2D eigenvalue weighted by molar-refractivity contribution is -0.308. The van der Waals surface area contributed by atoms with Crippen LogP contribution in [0.1, 0.15) is 47.2 Å². The number of halogens is 9. The maximum atomic E-state index is 13.4. The summed E-state index contributed by atoms with van der Waals surface area (Å²) in [5.41, 5.74) is 2.82. The molecule has 0 bridgehead atoms. The van der Waals surface area contributed by atoms with Gasteiger partial charge in [0.2, 0.25) is 5.91 Å². The van der Waals surface area contributed by atoms with Gasteiger partial charge in [0.05, 0.1) is 11.1 Å². The highest BCUT2D eigenvalue weighted by molar-refractivity contribution is 5.94. The first-order chi connectivity index (χ1) is 16.4. The molecule has 2 heterocycles. The van der Waals surface area contributed by atoms with E-state index in [1.54, 1.807) is 0 Å². The monoisotopic (exact) mass is 535 g/mol. The first kappa shape index (κ1) is 27.9. The third kappa shape index (κ3) is 5.98. The van der Waals surface area contributed by atoms with E-state index in [4.69, 9.17) is 5.73 Å². The molecule has 1 aromatic carbocycles. The number of hydrogen-bond donors (Lipinski definition) is 1. The summed E-state index contributed by atoms with van der Waals surface area (Å²) in [7, 11) is 0. The lowest BCUT2D eigenvalue weighted by Crippen LogP contribution is -2.54. The van der Waals surface area contributed by atoms with E-state index in [9.17, 15) is 49.1 Å². The van der Waals surface area contributed by atoms with Crippen LogP contribution in [0.2, 0.25) is 0 Å². The molecule has 6 nitrogen and oxygen atoms in total. The lowest BCUT2D eigenvalue weighted by atomic mass is 9.84. The van der Waals surface area contributed by atoms with Gasteiger partial charge in [-0.2, -0.15) is 39.5 Å². The van der Waals surface area contributed by atoms with Crippen molar-refractivity contribution in [1.29, 1.82) is 0 Å². The van der Waals surface area contributed by atoms with Crippen LogP contribution >= 0.6 is 0 Å². The molecule has 2 aliphatic heterocycles. The van der Waals surface area contributed by atoms with Crippen molar-refractivity contribution in [3.63, 3.8) is 0 Å². The summed E-state index contributed by atoms with van der Waals surface area (Å²) in [6.45, 7) is 0.155. The second kappa shape index (κ2) is 9.63. The van der Waals surface area contributed by atoms with E-state index in [0.29, 0.717) is 19.4 Å². The number of ether oxygens (including phenoxy) is 1. The van der Waals surface area contributed by atoms with Crippen molar-refractivity contribution in [2.45, 2.75) is 62.4 Å². The highest BCUT2D eigenvalue weighted by atomic mass is 19.4. The highest BCUT2D eigenvalue weighted by Crippen LogP contribution is 2.41. The number of amides is 2. The number of hydrogen-bond acceptors (Lipinski definition) is 4. The summed E-state index contributed by atoms with van der Waals surface area (Å²) in [5, 5.41) is 0. The summed E-state index contributed by atoms with van der Waals surface area (Å²) in [5.74, 6) is -1.23. The van der Waals surface area contributed by atoms with Crippen molar-refractivity contribution < 1.29 is 53.8 Å². The first-order valence-electron chi connectivity index (χ1n) is 10.8. The Morgan fingerprint density at radius 2 is 1.53 bits per heavy atom. The zero-order valence-corrected chi connectivity index (χ0v) is 18.6. The first-order valence-corrected chi connectivity index (χ1v) is 10.8. The van der Waals surface area contributed by atoms with Crippen molar-refractivity contribution in [3.8, 4) is 0 Å². The number of alkyl halides is 9. The van der Waals surface area contributed by atoms with Crippen LogP contribution in [0.4, 0.5) is 44.3 Å². The molecule has 2 saturated heterocycles. The normalized spacial score (nSPS) is 19.2. The van der Waals surface area contributed by atoms with E-state index >= 15 is 0 Å². The lowest BCUT2D eigenvalue weighted by Gasteiger charge is -2.45. The fourth-order valence-electron chi connectivity index (χ4n) is 4.77. The van der Waals surface area contributed by atoms with Gasteiger partial charge in [-0.25, -0.2) is 4.79 Å². The van der Waals surface area contributed by atoms with Gasteiger partial charge in [-0.15, -0.1) is 0 Å². The van der Waals surface area contributed by atoms with Gasteiger partial charge < -0.3 is 15.4 Å². The van der Waals surface area contributed by atoms with Crippen LogP contribution in [-0.2, 0) is 17.5 Å². The molecular weight excluding hydrogens is 513 g/mol. The summed E-state index contributed by atoms with van der Waals surface area (Å²) in [6, 6.07) is 3.15. The van der Waals surface area contributed by atoms with E-state index in [2.05, 4.69) is 4.74 Å². The molecule has 1 aromatic rings. The van der Waals surface area contributed by atoms with Gasteiger partial charge in [0, 0.05) is 25.2 Å². The van der Waals surface area contributed by atoms with Crippen LogP contribution in [0.3, 0.4) is 0 Å². The second-order valence-corrected chi connectivity index (χ2v) is 8.83. The standard InChI is InChI=1S/C21H22F9N3O3/c22-19(23,24)14-10-12(2-3-13(14)15(31)34)11-33-7-1-4-18(33)5-8-32(9-6-18)17(35)36-16(20(25,26)27)21(28,29)30/h2-3,10,16H,1,4-9,11H2,(H2,31,34). The number of primary amides is 1. The van der Waals surface area contributed by atoms with Gasteiger partial charge in [-0.3, -0.25) is 9.69 Å². The maximum Gasteiger partial charge on any atom is 0.434 e. The van der Waals surface area contributed by atoms with E-state index in [1.165, 1.54) is 6.07 Å². The third-order valence-electron chi connectivity index (χ3n) is 6.53. The average molecular weight is 535 g/mol. The zero-order chi connectivity index (χ0) is 27.1. The van der Waals surface area contributed by atoms with Crippen LogP contribution in [-0.4, -0.2) is 65.4 Å². The Hall–Kier alpha value is -2.71. The highest BCUT2D eigenvalue weighted by Gasteiger charge is 2.60. The van der Waals surface area contributed by atoms with Crippen molar-refractivity contribution in [1.82, 2.24) is 9.80 Å². The molecule has 0 saturated carbocycles. The molecule has 0 unspecified atom stereocenters. The number of nitrogens with two attached hydrogens (primary N) is 1. The molecule has 202 valence electrons. The number of carbonyl (C=O) groups excluding carboxylic acids is 2. The molecule has 2 aliphatic rings. The van der Waals surface area contributed by atoms with Gasteiger partial charge in [-0.1, -0.05) is 6.07 Å². The predicted octanol–water partition coefficient (Wildman–Crippen LogP) is 4.86. The summed E-state index contributed by atoms with van der Waals surface area (Å²) in [4.78, 5) is 26.1. The van der Waals surface area contributed by atoms with Crippen LogP contribution < -0.4 is 5.73 Å². The van der Waals surface area contributed by atoms with Gasteiger partial charge >= 0.3 is 24.6 Å². The topological polar surface area (TPSA) is 75.9 Å². The molecule has 3 rings (SSSR count). The van der Waals surface area contributed by atoms with E-state index in [0.717, 1.165) is 17.0 Å². The quantitative estimate of drug-likeness (QED) is 0.559.